The first-order valence-electron chi connectivity index (χ1n) is 10.1. The van der Waals surface area contributed by atoms with Crippen molar-refractivity contribution in [3.63, 3.8) is 0 Å². The maximum absolute atomic E-state index is 12.7. The van der Waals surface area contributed by atoms with Crippen molar-refractivity contribution in [2.45, 2.75) is 6.61 Å². The molecule has 33 heavy (non-hydrogen) atoms. The third-order valence-electron chi connectivity index (χ3n) is 4.69. The van der Waals surface area contributed by atoms with E-state index in [0.29, 0.717) is 39.9 Å². The molecule has 0 saturated carbocycles. The number of anilines is 2. The van der Waals surface area contributed by atoms with E-state index in [9.17, 15) is 9.59 Å². The van der Waals surface area contributed by atoms with Crippen LogP contribution >= 0.6 is 11.3 Å². The van der Waals surface area contributed by atoms with Crippen molar-refractivity contribution in [2.75, 3.05) is 17.7 Å². The molecular formula is C25H21N3O4S. The summed E-state index contributed by atoms with van der Waals surface area (Å²) < 4.78 is 11.2. The molecule has 2 heterocycles. The molecule has 4 rings (SSSR count). The average molecular weight is 460 g/mol. The zero-order valence-electron chi connectivity index (χ0n) is 17.8. The molecule has 0 aliphatic carbocycles. The number of carbonyl (C=O) groups excluding carboxylic acids is 2. The molecule has 0 fully saturated rings. The van der Waals surface area contributed by atoms with E-state index in [0.717, 1.165) is 5.56 Å². The topological polar surface area (TPSA) is 89.6 Å². The molecule has 8 heteroatoms. The Morgan fingerprint density at radius 2 is 1.70 bits per heavy atom. The van der Waals surface area contributed by atoms with E-state index >= 15 is 0 Å². The molecule has 0 saturated heterocycles. The molecule has 2 amide bonds. The minimum absolute atomic E-state index is 0.181. The highest BCUT2D eigenvalue weighted by Crippen LogP contribution is 2.31. The standard InChI is InChI=1S/C25H21N3O4S/c1-31-21-11-10-20(14-22(21)32-16-17-4-2-12-26-15-17)28-24(29)18-6-8-19(9-7-18)27-25(30)23-5-3-13-33-23/h2-15H,16H2,1H3,(H,27,30)(H,28,29). The number of pyridine rings is 1. The second kappa shape index (κ2) is 10.4. The zero-order valence-corrected chi connectivity index (χ0v) is 18.6. The highest BCUT2D eigenvalue weighted by atomic mass is 32.1. The van der Waals surface area contributed by atoms with Gasteiger partial charge in [0.15, 0.2) is 11.5 Å². The molecule has 2 aromatic heterocycles. The molecule has 0 unspecified atom stereocenters. The number of carbonyl (C=O) groups is 2. The molecule has 166 valence electrons. The largest absolute Gasteiger partial charge is 0.493 e. The van der Waals surface area contributed by atoms with Gasteiger partial charge in [0.05, 0.1) is 12.0 Å². The summed E-state index contributed by atoms with van der Waals surface area (Å²) in [5, 5.41) is 7.52. The van der Waals surface area contributed by atoms with Crippen LogP contribution in [0.1, 0.15) is 25.6 Å². The average Bonchev–Trinajstić information content (AvgIpc) is 3.39. The number of hydrogen-bond donors (Lipinski definition) is 2. The Morgan fingerprint density at radius 3 is 2.39 bits per heavy atom. The van der Waals surface area contributed by atoms with Crippen LogP contribution in [0.4, 0.5) is 11.4 Å². The summed E-state index contributed by atoms with van der Waals surface area (Å²) in [6.07, 6.45) is 3.43. The van der Waals surface area contributed by atoms with Crippen molar-refractivity contribution in [3.8, 4) is 11.5 Å². The summed E-state index contributed by atoms with van der Waals surface area (Å²) in [7, 11) is 1.56. The normalized spacial score (nSPS) is 10.3. The van der Waals surface area contributed by atoms with Gasteiger partial charge in [0, 0.05) is 41.0 Å². The Kier molecular flexibility index (Phi) is 6.96. The first-order valence-corrected chi connectivity index (χ1v) is 11.0. The number of rotatable bonds is 8. The smallest absolute Gasteiger partial charge is 0.265 e. The maximum Gasteiger partial charge on any atom is 0.265 e. The lowest BCUT2D eigenvalue weighted by molar-refractivity contribution is 0.102. The molecule has 2 aromatic carbocycles. The summed E-state index contributed by atoms with van der Waals surface area (Å²) >= 11 is 1.37. The molecule has 0 bridgehead atoms. The van der Waals surface area contributed by atoms with Crippen LogP contribution in [-0.2, 0) is 6.61 Å². The number of thiophene rings is 1. The van der Waals surface area contributed by atoms with Crippen molar-refractivity contribution in [1.82, 2.24) is 4.98 Å². The summed E-state index contributed by atoms with van der Waals surface area (Å²) in [6, 6.07) is 19.2. The highest BCUT2D eigenvalue weighted by Gasteiger charge is 2.12. The van der Waals surface area contributed by atoms with E-state index in [1.54, 1.807) is 68.0 Å². The van der Waals surface area contributed by atoms with E-state index < -0.39 is 0 Å². The number of ether oxygens (including phenoxy) is 2. The monoisotopic (exact) mass is 459 g/mol. The molecule has 0 spiro atoms. The van der Waals surface area contributed by atoms with Gasteiger partial charge in [-0.3, -0.25) is 14.6 Å². The van der Waals surface area contributed by atoms with Gasteiger partial charge < -0.3 is 20.1 Å². The summed E-state index contributed by atoms with van der Waals surface area (Å²) in [5.41, 5.74) is 2.55. The SMILES string of the molecule is COc1ccc(NC(=O)c2ccc(NC(=O)c3cccs3)cc2)cc1OCc1cccnc1. The van der Waals surface area contributed by atoms with Gasteiger partial charge >= 0.3 is 0 Å². The maximum atomic E-state index is 12.7. The van der Waals surface area contributed by atoms with E-state index in [1.807, 2.05) is 23.6 Å². The van der Waals surface area contributed by atoms with E-state index in [1.165, 1.54) is 11.3 Å². The number of methoxy groups -OCH3 is 1. The summed E-state index contributed by atoms with van der Waals surface area (Å²) in [5.74, 6) is 0.599. The summed E-state index contributed by atoms with van der Waals surface area (Å²) in [4.78, 5) is 29.6. The second-order valence-electron chi connectivity index (χ2n) is 6.98. The fourth-order valence-electron chi connectivity index (χ4n) is 3.02. The van der Waals surface area contributed by atoms with Crippen LogP contribution in [-0.4, -0.2) is 23.9 Å². The van der Waals surface area contributed by atoms with Crippen molar-refractivity contribution < 1.29 is 19.1 Å². The summed E-state index contributed by atoms with van der Waals surface area (Å²) in [6.45, 7) is 0.320. The molecule has 4 aromatic rings. The van der Waals surface area contributed by atoms with Crippen LogP contribution in [0, 0.1) is 0 Å². The van der Waals surface area contributed by atoms with Crippen molar-refractivity contribution in [3.05, 3.63) is 101 Å². The van der Waals surface area contributed by atoms with Crippen molar-refractivity contribution in [1.29, 1.82) is 0 Å². The third-order valence-corrected chi connectivity index (χ3v) is 5.56. The van der Waals surface area contributed by atoms with Crippen LogP contribution in [0.3, 0.4) is 0 Å². The minimum atomic E-state index is -0.283. The first kappa shape index (κ1) is 22.0. The minimum Gasteiger partial charge on any atom is -0.493 e. The number of nitrogens with zero attached hydrogens (tertiary/aromatic N) is 1. The Balaban J connectivity index is 1.40. The zero-order chi connectivity index (χ0) is 23.0. The van der Waals surface area contributed by atoms with Gasteiger partial charge in [0.2, 0.25) is 0 Å². The predicted octanol–water partition coefficient (Wildman–Crippen LogP) is 5.24. The lowest BCUT2D eigenvalue weighted by atomic mass is 10.2. The van der Waals surface area contributed by atoms with Crippen LogP contribution in [0.15, 0.2) is 84.5 Å². The fourth-order valence-corrected chi connectivity index (χ4v) is 3.64. The van der Waals surface area contributed by atoms with Crippen molar-refractivity contribution >= 4 is 34.5 Å². The second-order valence-corrected chi connectivity index (χ2v) is 7.93. The molecule has 0 aliphatic rings. The first-order chi connectivity index (χ1) is 16.1. The van der Waals surface area contributed by atoms with E-state index in [-0.39, 0.29) is 11.8 Å². The van der Waals surface area contributed by atoms with Crippen molar-refractivity contribution in [2.24, 2.45) is 0 Å². The highest BCUT2D eigenvalue weighted by molar-refractivity contribution is 7.12. The Labute approximate surface area is 195 Å². The molecule has 0 aliphatic heterocycles. The molecule has 7 nitrogen and oxygen atoms in total. The van der Waals surface area contributed by atoms with Gasteiger partial charge in [0.25, 0.3) is 11.8 Å². The van der Waals surface area contributed by atoms with Gasteiger partial charge in [0.1, 0.15) is 6.61 Å². The fraction of sp³-hybridized carbons (Fsp3) is 0.0800. The number of nitrogens with one attached hydrogen (secondary N) is 2. The lowest BCUT2D eigenvalue weighted by Gasteiger charge is -2.13. The van der Waals surface area contributed by atoms with E-state index in [2.05, 4.69) is 15.6 Å². The van der Waals surface area contributed by atoms with Crippen LogP contribution in [0.25, 0.3) is 0 Å². The van der Waals surface area contributed by atoms with Gasteiger partial charge in [-0.2, -0.15) is 0 Å². The number of aromatic nitrogens is 1. The number of benzene rings is 2. The number of hydrogen-bond acceptors (Lipinski definition) is 6. The van der Waals surface area contributed by atoms with Gasteiger partial charge in [-0.1, -0.05) is 12.1 Å². The molecule has 0 atom stereocenters. The van der Waals surface area contributed by atoms with E-state index in [4.69, 9.17) is 9.47 Å². The lowest BCUT2D eigenvalue weighted by Crippen LogP contribution is -2.13. The molecular weight excluding hydrogens is 438 g/mol. The van der Waals surface area contributed by atoms with Crippen LogP contribution < -0.4 is 20.1 Å². The number of amides is 2. The van der Waals surface area contributed by atoms with Gasteiger partial charge in [-0.15, -0.1) is 11.3 Å². The quantitative estimate of drug-likeness (QED) is 0.376. The van der Waals surface area contributed by atoms with Gasteiger partial charge in [-0.25, -0.2) is 0 Å². The Hall–Kier alpha value is -4.17. The van der Waals surface area contributed by atoms with Crippen LogP contribution in [0.5, 0.6) is 11.5 Å². The van der Waals surface area contributed by atoms with Gasteiger partial charge in [-0.05, 0) is 53.9 Å². The predicted molar refractivity (Wildman–Crippen MR) is 128 cm³/mol. The van der Waals surface area contributed by atoms with Crippen LogP contribution in [0.2, 0.25) is 0 Å². The third kappa shape index (κ3) is 5.75. The molecule has 0 radical (unpaired) electrons. The molecule has 2 N–H and O–H groups in total. The Bertz CT molecular complexity index is 1230. The Morgan fingerprint density at radius 1 is 0.909 bits per heavy atom.